The summed E-state index contributed by atoms with van der Waals surface area (Å²) < 4.78 is 22.8. The predicted octanol–water partition coefficient (Wildman–Crippen LogP) is 17.5. The molecule has 0 aromatic rings. The maximum absolute atomic E-state index is 13.4. The highest BCUT2D eigenvalue weighted by molar-refractivity contribution is 5.76. The molecule has 0 aromatic heterocycles. The molecule has 2 saturated heterocycles. The van der Waals surface area contributed by atoms with E-state index < -0.39 is 86.8 Å². The normalized spacial score (nSPS) is 22.9. The Morgan fingerprint density at radius 3 is 1.11 bits per heavy atom. The monoisotopic (exact) mass is 1380 g/mol. The van der Waals surface area contributed by atoms with Gasteiger partial charge < -0.3 is 65.1 Å². The number of nitrogens with one attached hydrogen (secondary N) is 1. The third-order valence-electron chi connectivity index (χ3n) is 17.6. The molecule has 2 heterocycles. The first-order valence-corrected chi connectivity index (χ1v) is 38.9. The number of amides is 1. The van der Waals surface area contributed by atoms with Gasteiger partial charge in [0.05, 0.1) is 32.0 Å². The standard InChI is InChI=1S/C85H139NO13/c1-3-5-7-9-11-13-15-17-19-21-23-25-27-29-30-31-32-33-34-35-36-37-38-39-40-41-42-43-44-45-47-49-51-53-55-57-59-61-63-65-67-69-77(90)86-73(72-96-84-82(95)80(93)83(76(71-88)98-84)99-85-81(94)79(92)78(91)75(70-87)97-85)74(89)68-66-64-62-60-58-56-54-52-50-48-46-28-26-24-22-20-18-16-14-12-10-8-6-4-2/h5,7,11,13,17,19,23,25,29-30,32-33,35-36,38-39,41-42,44-45,49-52,58,60,66,68,73-76,78-85,87-89,91-95H,3-4,6,8-10,12,14-16,18,20-22,24,26-28,31,34,37,40,43,46-48,53-57,59,61-65,67,69-72H2,1-2H3,(H,86,90)/b7-5-,13-11-,19-17-,25-23-,30-29-,33-32-,36-35-,39-38-,42-41-,45-44-,51-49-,52-50+,60-58+,68-66+. The summed E-state index contributed by atoms with van der Waals surface area (Å²) in [7, 11) is 0. The van der Waals surface area contributed by atoms with Gasteiger partial charge in [0.2, 0.25) is 5.91 Å². The minimum atomic E-state index is -1.80. The van der Waals surface area contributed by atoms with Gasteiger partial charge in [0.15, 0.2) is 12.6 Å². The van der Waals surface area contributed by atoms with Crippen LogP contribution in [0.15, 0.2) is 170 Å². The zero-order chi connectivity index (χ0) is 71.5. The third-order valence-corrected chi connectivity index (χ3v) is 17.6. The number of allylic oxidation sites excluding steroid dienone is 27. The maximum Gasteiger partial charge on any atom is 0.220 e. The molecule has 14 nitrogen and oxygen atoms in total. The van der Waals surface area contributed by atoms with Gasteiger partial charge in [-0.05, 0) is 128 Å². The number of aliphatic hydroxyl groups excluding tert-OH is 8. The fraction of sp³-hybridized carbons (Fsp3) is 0.659. The first kappa shape index (κ1) is 90.4. The van der Waals surface area contributed by atoms with Crippen molar-refractivity contribution in [2.24, 2.45) is 0 Å². The van der Waals surface area contributed by atoms with Crippen molar-refractivity contribution in [3.63, 3.8) is 0 Å². The SMILES string of the molecule is CC/C=C\C/C=C\C/C=C\C/C=C\C/C=C\C/C=C\C/C=C\C/C=C\C/C=C\C/C=C\C/C=C\CCCCCCCCCC(=O)NC(COC1OC(CO)C(OC2OC(CO)C(O)C(O)C2O)C(O)C1O)C(O)/C=C/CC/C=C/CC/C=C/CCCCCCCCCCCCCCCC. The first-order valence-electron chi connectivity index (χ1n) is 38.9. The van der Waals surface area contributed by atoms with Crippen LogP contribution in [0.5, 0.6) is 0 Å². The summed E-state index contributed by atoms with van der Waals surface area (Å²) in [5, 5.41) is 87.5. The summed E-state index contributed by atoms with van der Waals surface area (Å²) in [6.45, 7) is 2.66. The van der Waals surface area contributed by atoms with Crippen molar-refractivity contribution in [2.75, 3.05) is 19.8 Å². The molecule has 2 aliphatic heterocycles. The lowest BCUT2D eigenvalue weighted by Crippen LogP contribution is -2.65. The number of hydrogen-bond acceptors (Lipinski definition) is 13. The number of hydrogen-bond donors (Lipinski definition) is 9. The van der Waals surface area contributed by atoms with E-state index in [2.05, 4.69) is 177 Å². The van der Waals surface area contributed by atoms with Gasteiger partial charge in [-0.15, -0.1) is 0 Å². The number of carbonyl (C=O) groups excluding carboxylic acids is 1. The molecule has 0 radical (unpaired) electrons. The van der Waals surface area contributed by atoms with Crippen LogP contribution in [0.4, 0.5) is 0 Å². The van der Waals surface area contributed by atoms with E-state index in [1.807, 2.05) is 6.08 Å². The zero-order valence-corrected chi connectivity index (χ0v) is 61.4. The van der Waals surface area contributed by atoms with Gasteiger partial charge in [0.25, 0.3) is 0 Å². The van der Waals surface area contributed by atoms with Gasteiger partial charge in [-0.1, -0.05) is 300 Å². The Bertz CT molecular complexity index is 2320. The molecule has 12 unspecified atom stereocenters. The zero-order valence-electron chi connectivity index (χ0n) is 61.4. The molecular formula is C85H139NO13. The van der Waals surface area contributed by atoms with Crippen LogP contribution in [0.25, 0.3) is 0 Å². The summed E-state index contributed by atoms with van der Waals surface area (Å²) >= 11 is 0. The van der Waals surface area contributed by atoms with Crippen LogP contribution in [0.1, 0.15) is 264 Å². The van der Waals surface area contributed by atoms with E-state index in [0.29, 0.717) is 12.8 Å². The van der Waals surface area contributed by atoms with E-state index in [9.17, 15) is 45.6 Å². The Morgan fingerprint density at radius 2 is 0.707 bits per heavy atom. The molecule has 0 saturated carbocycles. The van der Waals surface area contributed by atoms with E-state index in [1.165, 1.54) is 89.9 Å². The van der Waals surface area contributed by atoms with Crippen molar-refractivity contribution in [3.05, 3.63) is 170 Å². The summed E-state index contributed by atoms with van der Waals surface area (Å²) in [6, 6.07) is -0.958. The second-order valence-electron chi connectivity index (χ2n) is 26.4. The predicted molar refractivity (Wildman–Crippen MR) is 410 cm³/mol. The molecule has 0 aliphatic carbocycles. The van der Waals surface area contributed by atoms with Gasteiger partial charge in [0.1, 0.15) is 48.8 Å². The quantitative estimate of drug-likeness (QED) is 0.0204. The highest BCUT2D eigenvalue weighted by atomic mass is 16.7. The largest absolute Gasteiger partial charge is 0.394 e. The molecule has 9 N–H and O–H groups in total. The second-order valence-corrected chi connectivity index (χ2v) is 26.4. The van der Waals surface area contributed by atoms with Crippen LogP contribution in [-0.2, 0) is 23.7 Å². The molecule has 0 aromatic carbocycles. The summed E-state index contributed by atoms with van der Waals surface area (Å²) in [6.07, 6.45) is 87.0. The van der Waals surface area contributed by atoms with Crippen LogP contribution >= 0.6 is 0 Å². The topological polar surface area (TPSA) is 228 Å². The lowest BCUT2D eigenvalue weighted by Gasteiger charge is -2.46. The van der Waals surface area contributed by atoms with Gasteiger partial charge >= 0.3 is 0 Å². The van der Waals surface area contributed by atoms with Crippen LogP contribution in [-0.4, -0.2) is 140 Å². The molecule has 0 spiro atoms. The summed E-state index contributed by atoms with van der Waals surface area (Å²) in [5.41, 5.74) is 0. The van der Waals surface area contributed by atoms with Crippen molar-refractivity contribution in [1.82, 2.24) is 5.32 Å². The Kier molecular flexibility index (Phi) is 60.8. The molecular weight excluding hydrogens is 1240 g/mol. The van der Waals surface area contributed by atoms with E-state index in [-0.39, 0.29) is 18.9 Å². The Balaban J connectivity index is 1.66. The van der Waals surface area contributed by atoms with Gasteiger partial charge in [0, 0.05) is 6.42 Å². The molecule has 1 amide bonds. The Hall–Kier alpha value is -4.65. The van der Waals surface area contributed by atoms with Crippen molar-refractivity contribution < 1.29 is 64.6 Å². The number of rotatable bonds is 62. The molecule has 0 bridgehead atoms. The van der Waals surface area contributed by atoms with E-state index in [1.54, 1.807) is 6.08 Å². The van der Waals surface area contributed by atoms with E-state index in [4.69, 9.17) is 18.9 Å². The molecule has 2 aliphatic rings. The highest BCUT2D eigenvalue weighted by Crippen LogP contribution is 2.30. The van der Waals surface area contributed by atoms with Gasteiger partial charge in [-0.2, -0.15) is 0 Å². The van der Waals surface area contributed by atoms with Crippen molar-refractivity contribution in [1.29, 1.82) is 0 Å². The molecule has 2 fully saturated rings. The maximum atomic E-state index is 13.4. The van der Waals surface area contributed by atoms with Crippen molar-refractivity contribution in [3.8, 4) is 0 Å². The summed E-state index contributed by atoms with van der Waals surface area (Å²) in [4.78, 5) is 13.4. The number of aliphatic hydroxyl groups is 8. The fourth-order valence-electron chi connectivity index (χ4n) is 11.5. The van der Waals surface area contributed by atoms with Crippen molar-refractivity contribution in [2.45, 2.75) is 338 Å². The highest BCUT2D eigenvalue weighted by Gasteiger charge is 2.51. The number of carbonyl (C=O) groups is 1. The van der Waals surface area contributed by atoms with Gasteiger partial charge in [-0.3, -0.25) is 4.79 Å². The first-order chi connectivity index (χ1) is 48.6. The fourth-order valence-corrected chi connectivity index (χ4v) is 11.5. The minimum absolute atomic E-state index is 0.246. The van der Waals surface area contributed by atoms with Gasteiger partial charge in [-0.25, -0.2) is 0 Å². The Morgan fingerprint density at radius 1 is 0.374 bits per heavy atom. The van der Waals surface area contributed by atoms with Crippen LogP contribution in [0.3, 0.4) is 0 Å². The second kappa shape index (κ2) is 66.6. The smallest absolute Gasteiger partial charge is 0.220 e. The Labute approximate surface area is 600 Å². The molecule has 99 heavy (non-hydrogen) atoms. The van der Waals surface area contributed by atoms with Crippen LogP contribution in [0, 0.1) is 0 Å². The number of ether oxygens (including phenoxy) is 4. The lowest BCUT2D eigenvalue weighted by molar-refractivity contribution is -0.359. The van der Waals surface area contributed by atoms with Crippen LogP contribution < -0.4 is 5.32 Å². The molecule has 12 atom stereocenters. The minimum Gasteiger partial charge on any atom is -0.394 e. The van der Waals surface area contributed by atoms with E-state index in [0.717, 1.165) is 141 Å². The average molecular weight is 1380 g/mol. The van der Waals surface area contributed by atoms with Crippen molar-refractivity contribution >= 4 is 5.91 Å². The lowest BCUT2D eigenvalue weighted by atomic mass is 9.97. The summed E-state index contributed by atoms with van der Waals surface area (Å²) in [5.74, 6) is -0.270. The van der Waals surface area contributed by atoms with E-state index >= 15 is 0 Å². The molecule has 14 heteroatoms. The molecule has 2 rings (SSSR count). The number of unbranched alkanes of at least 4 members (excludes halogenated alkanes) is 23. The molecule has 562 valence electrons. The third kappa shape index (κ3) is 49.6. The average Bonchev–Trinajstić information content (AvgIpc) is 0.799. The van der Waals surface area contributed by atoms with Crippen LogP contribution in [0.2, 0.25) is 0 Å².